The predicted molar refractivity (Wildman–Crippen MR) is 126 cm³/mol. The van der Waals surface area contributed by atoms with Gasteiger partial charge >= 0.3 is 12.1 Å². The Kier molecular flexibility index (Phi) is 11.3. The molecule has 10 nitrogen and oxygen atoms in total. The van der Waals surface area contributed by atoms with Gasteiger partial charge in [0.1, 0.15) is 18.7 Å². The van der Waals surface area contributed by atoms with Crippen LogP contribution in [0.15, 0.2) is 30.3 Å². The lowest BCUT2D eigenvalue weighted by Gasteiger charge is -2.25. The summed E-state index contributed by atoms with van der Waals surface area (Å²) in [4.78, 5) is 49.4. The third-order valence-electron chi connectivity index (χ3n) is 5.58. The molecule has 0 saturated carbocycles. The number of carbonyl (C=O) groups excluding carboxylic acids is 4. The second-order valence-corrected chi connectivity index (χ2v) is 8.59. The number of benzene rings is 1. The molecule has 1 aromatic rings. The van der Waals surface area contributed by atoms with Crippen LogP contribution in [0.1, 0.15) is 45.1 Å². The lowest BCUT2D eigenvalue weighted by molar-refractivity contribution is -0.145. The zero-order chi connectivity index (χ0) is 24.9. The first-order valence-corrected chi connectivity index (χ1v) is 11.7. The normalized spacial score (nSPS) is 16.9. The van der Waals surface area contributed by atoms with Crippen LogP contribution in [0.5, 0.6) is 0 Å². The average Bonchev–Trinajstić information content (AvgIpc) is 3.38. The molecule has 0 unspecified atom stereocenters. The van der Waals surface area contributed by atoms with Crippen molar-refractivity contribution >= 4 is 23.9 Å². The van der Waals surface area contributed by atoms with Crippen molar-refractivity contribution in [2.75, 3.05) is 20.2 Å². The van der Waals surface area contributed by atoms with E-state index in [2.05, 4.69) is 21.3 Å². The first-order valence-electron chi connectivity index (χ1n) is 11.7. The number of methoxy groups -OCH3 is 1. The summed E-state index contributed by atoms with van der Waals surface area (Å²) in [5, 5.41) is 11.2. The number of rotatable bonds is 12. The standard InChI is InChI=1S/C24H36N4O6/c1-16(2)20(28-21(29)18-11-7-13-25-18)22(30)27-19(23(31)33-3)12-8-14-26-24(32)34-15-17-9-5-4-6-10-17/h4-6,9-10,16,18-20,25H,7-8,11-15H2,1-3H3,(H,26,32)(H,27,30)(H,28,29)/t18-,19+,20+/m1/s1. The van der Waals surface area contributed by atoms with E-state index in [1.165, 1.54) is 7.11 Å². The van der Waals surface area contributed by atoms with Crippen LogP contribution in [0.3, 0.4) is 0 Å². The highest BCUT2D eigenvalue weighted by Gasteiger charge is 2.31. The van der Waals surface area contributed by atoms with Crippen molar-refractivity contribution in [3.8, 4) is 0 Å². The molecule has 2 rings (SSSR count). The third-order valence-corrected chi connectivity index (χ3v) is 5.58. The van der Waals surface area contributed by atoms with Crippen molar-refractivity contribution in [2.45, 2.75) is 64.3 Å². The number of carbonyl (C=O) groups is 4. The molecule has 3 atom stereocenters. The minimum Gasteiger partial charge on any atom is -0.467 e. The first kappa shape index (κ1) is 27.1. The van der Waals surface area contributed by atoms with E-state index in [1.54, 1.807) is 0 Å². The molecule has 4 N–H and O–H groups in total. The smallest absolute Gasteiger partial charge is 0.407 e. The van der Waals surface area contributed by atoms with Crippen LogP contribution in [0, 0.1) is 5.92 Å². The summed E-state index contributed by atoms with van der Waals surface area (Å²) in [6.45, 7) is 4.84. The van der Waals surface area contributed by atoms with Crippen LogP contribution in [0.25, 0.3) is 0 Å². The molecule has 188 valence electrons. The van der Waals surface area contributed by atoms with Gasteiger partial charge in [-0.05, 0) is 43.7 Å². The summed E-state index contributed by atoms with van der Waals surface area (Å²) in [5.41, 5.74) is 0.877. The van der Waals surface area contributed by atoms with Gasteiger partial charge in [0.05, 0.1) is 13.2 Å². The number of hydrogen-bond acceptors (Lipinski definition) is 7. The summed E-state index contributed by atoms with van der Waals surface area (Å²) in [6.07, 6.45) is 1.73. The van der Waals surface area contributed by atoms with Crippen molar-refractivity contribution < 1.29 is 28.7 Å². The molecule has 10 heteroatoms. The second-order valence-electron chi connectivity index (χ2n) is 8.59. The Morgan fingerprint density at radius 2 is 1.85 bits per heavy atom. The minimum absolute atomic E-state index is 0.159. The monoisotopic (exact) mass is 476 g/mol. The van der Waals surface area contributed by atoms with Gasteiger partial charge in [-0.25, -0.2) is 9.59 Å². The first-order chi connectivity index (χ1) is 16.3. The lowest BCUT2D eigenvalue weighted by Crippen LogP contribution is -2.56. The molecule has 0 bridgehead atoms. The average molecular weight is 477 g/mol. The molecule has 1 aliphatic heterocycles. The molecular weight excluding hydrogens is 440 g/mol. The Bertz CT molecular complexity index is 811. The van der Waals surface area contributed by atoms with E-state index in [0.717, 1.165) is 24.9 Å². The molecule has 3 amide bonds. The minimum atomic E-state index is -0.901. The molecule has 1 aliphatic rings. The van der Waals surface area contributed by atoms with E-state index in [9.17, 15) is 19.2 Å². The highest BCUT2D eigenvalue weighted by atomic mass is 16.5. The fraction of sp³-hybridized carbons (Fsp3) is 0.583. The van der Waals surface area contributed by atoms with E-state index in [1.807, 2.05) is 44.2 Å². The maximum Gasteiger partial charge on any atom is 0.407 e. The fourth-order valence-electron chi connectivity index (χ4n) is 3.62. The molecule has 0 spiro atoms. The summed E-state index contributed by atoms with van der Waals surface area (Å²) in [5.74, 6) is -1.44. The van der Waals surface area contributed by atoms with Crippen LogP contribution in [0.2, 0.25) is 0 Å². The van der Waals surface area contributed by atoms with E-state index in [0.29, 0.717) is 6.42 Å². The molecule has 0 aromatic heterocycles. The Balaban J connectivity index is 1.80. The van der Waals surface area contributed by atoms with Gasteiger partial charge in [-0.1, -0.05) is 44.2 Å². The predicted octanol–water partition coefficient (Wildman–Crippen LogP) is 1.24. The van der Waals surface area contributed by atoms with Crippen LogP contribution < -0.4 is 21.3 Å². The number of hydrogen-bond donors (Lipinski definition) is 4. The maximum absolute atomic E-state index is 12.9. The van der Waals surface area contributed by atoms with Crippen molar-refractivity contribution in [1.29, 1.82) is 0 Å². The van der Waals surface area contributed by atoms with E-state index >= 15 is 0 Å². The van der Waals surface area contributed by atoms with Gasteiger partial charge < -0.3 is 30.7 Å². The van der Waals surface area contributed by atoms with E-state index < -0.39 is 30.1 Å². The summed E-state index contributed by atoms with van der Waals surface area (Å²) in [6, 6.07) is 7.32. The van der Waals surface area contributed by atoms with Crippen molar-refractivity contribution in [3.05, 3.63) is 35.9 Å². The summed E-state index contributed by atoms with van der Waals surface area (Å²) < 4.78 is 9.97. The maximum atomic E-state index is 12.9. The molecule has 0 radical (unpaired) electrons. The van der Waals surface area contributed by atoms with Crippen LogP contribution >= 0.6 is 0 Å². The van der Waals surface area contributed by atoms with E-state index in [-0.39, 0.29) is 37.4 Å². The molecule has 1 fully saturated rings. The van der Waals surface area contributed by atoms with Gasteiger partial charge in [-0.15, -0.1) is 0 Å². The lowest BCUT2D eigenvalue weighted by atomic mass is 10.0. The second kappa shape index (κ2) is 14.2. The topological polar surface area (TPSA) is 135 Å². The summed E-state index contributed by atoms with van der Waals surface area (Å²) >= 11 is 0. The van der Waals surface area contributed by atoms with Crippen LogP contribution in [-0.2, 0) is 30.5 Å². The largest absolute Gasteiger partial charge is 0.467 e. The Morgan fingerprint density at radius 3 is 2.47 bits per heavy atom. The number of amides is 3. The number of esters is 1. The highest BCUT2D eigenvalue weighted by molar-refractivity contribution is 5.92. The molecule has 1 heterocycles. The van der Waals surface area contributed by atoms with Crippen molar-refractivity contribution in [2.24, 2.45) is 5.92 Å². The number of alkyl carbamates (subject to hydrolysis) is 1. The number of ether oxygens (including phenoxy) is 2. The summed E-state index contributed by atoms with van der Waals surface area (Å²) in [7, 11) is 1.24. The van der Waals surface area contributed by atoms with Crippen molar-refractivity contribution in [3.63, 3.8) is 0 Å². The quantitative estimate of drug-likeness (QED) is 0.263. The molecular formula is C24H36N4O6. The molecule has 1 saturated heterocycles. The van der Waals surface area contributed by atoms with Gasteiger partial charge in [-0.2, -0.15) is 0 Å². The Labute approximate surface area is 200 Å². The zero-order valence-electron chi connectivity index (χ0n) is 20.1. The van der Waals surface area contributed by atoms with E-state index in [4.69, 9.17) is 9.47 Å². The Hall–Kier alpha value is -3.14. The van der Waals surface area contributed by atoms with Crippen LogP contribution in [0.4, 0.5) is 4.79 Å². The van der Waals surface area contributed by atoms with Crippen molar-refractivity contribution in [1.82, 2.24) is 21.3 Å². The van der Waals surface area contributed by atoms with Crippen LogP contribution in [-0.4, -0.2) is 62.2 Å². The molecule has 34 heavy (non-hydrogen) atoms. The number of nitrogens with one attached hydrogen (secondary N) is 4. The van der Waals surface area contributed by atoms with Gasteiger partial charge in [-0.3, -0.25) is 9.59 Å². The Morgan fingerprint density at radius 1 is 1.12 bits per heavy atom. The fourth-order valence-corrected chi connectivity index (χ4v) is 3.62. The molecule has 0 aliphatic carbocycles. The van der Waals surface area contributed by atoms with Gasteiger partial charge in [0.25, 0.3) is 0 Å². The van der Waals surface area contributed by atoms with Gasteiger partial charge in [0.2, 0.25) is 11.8 Å². The van der Waals surface area contributed by atoms with Gasteiger partial charge in [0.15, 0.2) is 0 Å². The SMILES string of the molecule is COC(=O)[C@H](CCCNC(=O)OCc1ccccc1)NC(=O)[C@@H](NC(=O)[C@H]1CCCN1)C(C)C. The molecule has 1 aromatic carbocycles. The van der Waals surface area contributed by atoms with Gasteiger partial charge in [0, 0.05) is 6.54 Å². The highest BCUT2D eigenvalue weighted by Crippen LogP contribution is 2.09. The third kappa shape index (κ3) is 9.01. The zero-order valence-corrected chi connectivity index (χ0v) is 20.1.